The van der Waals surface area contributed by atoms with E-state index in [1.165, 1.54) is 29.3 Å². The van der Waals surface area contributed by atoms with Crippen LogP contribution in [-0.2, 0) is 17.6 Å². The lowest BCUT2D eigenvalue weighted by molar-refractivity contribution is -0.132. The average molecular weight is 417 g/mol. The minimum absolute atomic E-state index is 0.0834. The third-order valence-corrected chi connectivity index (χ3v) is 12.0. The number of hydrogen-bond acceptors (Lipinski definition) is 1. The van der Waals surface area contributed by atoms with Crippen molar-refractivity contribution in [3.63, 3.8) is 0 Å². The predicted octanol–water partition coefficient (Wildman–Crippen LogP) is 6.88. The average Bonchev–Trinajstić information content (AvgIpc) is 2.80. The highest BCUT2D eigenvalue weighted by atomic mass is 28.3. The summed E-state index contributed by atoms with van der Waals surface area (Å²) < 4.78 is 0. The van der Waals surface area contributed by atoms with Crippen LogP contribution < -0.4 is 0 Å². The number of carbonyl (C=O) groups is 1. The van der Waals surface area contributed by atoms with Gasteiger partial charge < -0.3 is 0 Å². The van der Waals surface area contributed by atoms with Crippen LogP contribution in [0.4, 0.5) is 0 Å². The van der Waals surface area contributed by atoms with Crippen molar-refractivity contribution in [2.24, 2.45) is 11.3 Å². The molecule has 158 valence electrons. The molecular weight excluding hydrogens is 380 g/mol. The number of carbonyl (C=O) groups excluding carboxylic acids is 1. The molecule has 0 aromatic heterocycles. The SMILES string of the molecule is CC[Si](C#C[C@]1(Cc2ccccc2)CCC[C@H](Cc2ccccc2)C1=O)(CC)CC. The second-order valence-electron chi connectivity index (χ2n) is 8.98. The van der Waals surface area contributed by atoms with Crippen molar-refractivity contribution in [1.29, 1.82) is 0 Å². The molecule has 1 nitrogen and oxygen atoms in total. The molecule has 2 atom stereocenters. The van der Waals surface area contributed by atoms with Crippen LogP contribution >= 0.6 is 0 Å². The Balaban J connectivity index is 1.97. The minimum atomic E-state index is -1.60. The first-order valence-electron chi connectivity index (χ1n) is 11.7. The molecule has 1 aliphatic carbocycles. The molecule has 1 aliphatic rings. The molecule has 1 saturated carbocycles. The molecule has 0 radical (unpaired) electrons. The van der Waals surface area contributed by atoms with Gasteiger partial charge in [0.2, 0.25) is 0 Å². The van der Waals surface area contributed by atoms with E-state index in [-0.39, 0.29) is 5.92 Å². The summed E-state index contributed by atoms with van der Waals surface area (Å²) in [5.74, 6) is 4.18. The van der Waals surface area contributed by atoms with Gasteiger partial charge in [0.15, 0.2) is 5.78 Å². The molecule has 0 bridgehead atoms. The Bertz CT molecular complexity index is 865. The van der Waals surface area contributed by atoms with Crippen LogP contribution in [0, 0.1) is 22.8 Å². The van der Waals surface area contributed by atoms with Crippen molar-refractivity contribution in [3.8, 4) is 11.5 Å². The molecule has 30 heavy (non-hydrogen) atoms. The summed E-state index contributed by atoms with van der Waals surface area (Å²) in [6, 6.07) is 24.5. The van der Waals surface area contributed by atoms with E-state index in [1.54, 1.807) is 0 Å². The number of hydrogen-bond donors (Lipinski definition) is 0. The van der Waals surface area contributed by atoms with Crippen molar-refractivity contribution < 1.29 is 4.79 Å². The Hall–Kier alpha value is -2.11. The van der Waals surface area contributed by atoms with Gasteiger partial charge in [-0.3, -0.25) is 4.79 Å². The lowest BCUT2D eigenvalue weighted by Gasteiger charge is -2.37. The van der Waals surface area contributed by atoms with Crippen molar-refractivity contribution in [3.05, 3.63) is 71.8 Å². The van der Waals surface area contributed by atoms with E-state index >= 15 is 0 Å². The molecule has 1 fully saturated rings. The lowest BCUT2D eigenvalue weighted by atomic mass is 9.65. The standard InChI is InChI=1S/C28H36OSi/c1-4-30(5-2,6-3)21-20-28(23-25-16-11-8-12-17-25)19-13-18-26(27(28)29)22-24-14-9-7-10-15-24/h7-12,14-17,26H,4-6,13,18-19,22-23H2,1-3H3/t26-,28+/m1/s1. The number of Topliss-reactive ketones (excluding diaryl/α,β-unsaturated/α-hetero) is 1. The van der Waals surface area contributed by atoms with Gasteiger partial charge in [-0.1, -0.05) is 93.8 Å². The van der Waals surface area contributed by atoms with Crippen LogP contribution in [0.25, 0.3) is 0 Å². The summed E-state index contributed by atoms with van der Waals surface area (Å²) in [5.41, 5.74) is 5.78. The third-order valence-electron chi connectivity index (χ3n) is 7.27. The van der Waals surface area contributed by atoms with E-state index < -0.39 is 13.5 Å². The molecule has 2 aromatic carbocycles. The summed E-state index contributed by atoms with van der Waals surface area (Å²) in [7, 11) is -1.60. The Morgan fingerprint density at radius 2 is 1.47 bits per heavy atom. The summed E-state index contributed by atoms with van der Waals surface area (Å²) in [4.78, 5) is 14.0. The topological polar surface area (TPSA) is 17.1 Å². The summed E-state index contributed by atoms with van der Waals surface area (Å²) in [6.45, 7) is 6.87. The molecule has 0 amide bonds. The number of benzene rings is 2. The van der Waals surface area contributed by atoms with Gasteiger partial charge in [-0.2, -0.15) is 0 Å². The Morgan fingerprint density at radius 1 is 0.900 bits per heavy atom. The zero-order chi connectivity index (χ0) is 21.5. The second-order valence-corrected chi connectivity index (χ2v) is 13.9. The highest BCUT2D eigenvalue weighted by Gasteiger charge is 2.44. The van der Waals surface area contributed by atoms with Gasteiger partial charge in [0, 0.05) is 5.92 Å². The van der Waals surface area contributed by atoms with E-state index in [9.17, 15) is 4.79 Å². The lowest BCUT2D eigenvalue weighted by Crippen LogP contribution is -2.42. The van der Waals surface area contributed by atoms with Crippen molar-refractivity contribution in [2.75, 3.05) is 0 Å². The summed E-state index contributed by atoms with van der Waals surface area (Å²) in [5, 5.41) is 0. The molecular formula is C28H36OSi. The van der Waals surface area contributed by atoms with E-state index in [0.717, 1.165) is 32.1 Å². The molecule has 0 aliphatic heterocycles. The summed E-state index contributed by atoms with van der Waals surface area (Å²) >= 11 is 0. The van der Waals surface area contributed by atoms with Crippen LogP contribution in [0.15, 0.2) is 60.7 Å². The molecule has 0 saturated heterocycles. The fraction of sp³-hybridized carbons (Fsp3) is 0.464. The first-order valence-corrected chi connectivity index (χ1v) is 14.3. The minimum Gasteiger partial charge on any atom is -0.298 e. The smallest absolute Gasteiger partial charge is 0.154 e. The third kappa shape index (κ3) is 5.13. The Morgan fingerprint density at radius 3 is 2.03 bits per heavy atom. The van der Waals surface area contributed by atoms with Gasteiger partial charge in [-0.05, 0) is 54.9 Å². The predicted molar refractivity (Wildman–Crippen MR) is 130 cm³/mol. The van der Waals surface area contributed by atoms with Gasteiger partial charge in [0.05, 0.1) is 5.41 Å². The fourth-order valence-corrected chi connectivity index (χ4v) is 7.48. The maximum Gasteiger partial charge on any atom is 0.154 e. The first-order chi connectivity index (χ1) is 14.6. The Kier molecular flexibility index (Phi) is 7.73. The normalized spacial score (nSPS) is 21.7. The largest absolute Gasteiger partial charge is 0.298 e. The van der Waals surface area contributed by atoms with Crippen LogP contribution in [0.1, 0.15) is 51.2 Å². The van der Waals surface area contributed by atoms with E-state index in [1.807, 2.05) is 12.1 Å². The zero-order valence-corrected chi connectivity index (χ0v) is 19.9. The van der Waals surface area contributed by atoms with Crippen LogP contribution in [0.2, 0.25) is 18.1 Å². The molecule has 3 rings (SSSR count). The number of ketones is 1. The molecule has 0 unspecified atom stereocenters. The maximum atomic E-state index is 14.0. The second kappa shape index (κ2) is 10.3. The molecule has 0 N–H and O–H groups in total. The fourth-order valence-electron chi connectivity index (χ4n) is 4.94. The van der Waals surface area contributed by atoms with Gasteiger partial charge in [0.25, 0.3) is 0 Å². The highest BCUT2D eigenvalue weighted by Crippen LogP contribution is 2.40. The van der Waals surface area contributed by atoms with Crippen molar-refractivity contribution >= 4 is 13.9 Å². The van der Waals surface area contributed by atoms with Crippen LogP contribution in [0.5, 0.6) is 0 Å². The van der Waals surface area contributed by atoms with E-state index in [4.69, 9.17) is 0 Å². The van der Waals surface area contributed by atoms with E-state index in [2.05, 4.69) is 80.8 Å². The van der Waals surface area contributed by atoms with Crippen molar-refractivity contribution in [2.45, 2.75) is 71.0 Å². The molecule has 0 heterocycles. The monoisotopic (exact) mass is 416 g/mol. The van der Waals surface area contributed by atoms with Gasteiger partial charge in [-0.15, -0.1) is 5.54 Å². The highest BCUT2D eigenvalue weighted by molar-refractivity contribution is 6.87. The quantitative estimate of drug-likeness (QED) is 0.355. The Labute approximate surface area is 184 Å². The van der Waals surface area contributed by atoms with Crippen LogP contribution in [-0.4, -0.2) is 13.9 Å². The maximum absolute atomic E-state index is 14.0. The van der Waals surface area contributed by atoms with Crippen LogP contribution in [0.3, 0.4) is 0 Å². The zero-order valence-electron chi connectivity index (χ0n) is 18.9. The van der Waals surface area contributed by atoms with Gasteiger partial charge in [-0.25, -0.2) is 0 Å². The first kappa shape index (κ1) is 22.6. The molecule has 2 heteroatoms. The van der Waals surface area contributed by atoms with E-state index in [0.29, 0.717) is 5.78 Å². The molecule has 2 aromatic rings. The van der Waals surface area contributed by atoms with Gasteiger partial charge in [0.1, 0.15) is 8.07 Å². The number of rotatable bonds is 7. The molecule has 0 spiro atoms. The van der Waals surface area contributed by atoms with Crippen molar-refractivity contribution in [1.82, 2.24) is 0 Å². The van der Waals surface area contributed by atoms with Gasteiger partial charge >= 0.3 is 0 Å². The summed E-state index contributed by atoms with van der Waals surface area (Å²) in [6.07, 6.45) is 4.58.